The van der Waals surface area contributed by atoms with Gasteiger partial charge in [0, 0.05) is 5.70 Å². The van der Waals surface area contributed by atoms with Crippen LogP contribution < -0.4 is 25.4 Å². The lowest BCUT2D eigenvalue weighted by Gasteiger charge is -2.30. The molecular formula is C22H24ClN3O3S. The second kappa shape index (κ2) is 9.82. The maximum atomic E-state index is 13.2. The highest BCUT2D eigenvalue weighted by molar-refractivity contribution is 7.80. The molecule has 0 saturated carbocycles. The number of thiocarbonyl (C=S) groups is 1. The number of amides is 1. The standard InChI is InChI=1S/C22H24ClN3O3S/c1-4-28-17-11-10-14(12-18(17)29-5-2)20-19(13(3)24-22(30)26-20)21(27)25-16-9-7-6-8-15(16)23/h6-12,20H,4-5H2,1-3H3,(H,25,27)(H2,24,26,30). The Bertz CT molecular complexity index is 993. The number of carbonyl (C=O) groups excluding carboxylic acids is 1. The smallest absolute Gasteiger partial charge is 0.255 e. The Balaban J connectivity index is 1.98. The van der Waals surface area contributed by atoms with Gasteiger partial charge in [0.05, 0.1) is 35.5 Å². The van der Waals surface area contributed by atoms with Gasteiger partial charge in [-0.2, -0.15) is 0 Å². The van der Waals surface area contributed by atoms with Crippen LogP contribution in [-0.4, -0.2) is 24.2 Å². The molecule has 30 heavy (non-hydrogen) atoms. The van der Waals surface area contributed by atoms with Crippen LogP contribution >= 0.6 is 23.8 Å². The van der Waals surface area contributed by atoms with Crippen LogP contribution in [0, 0.1) is 0 Å². The van der Waals surface area contributed by atoms with Crippen molar-refractivity contribution in [1.82, 2.24) is 10.6 Å². The molecule has 1 amide bonds. The molecule has 158 valence electrons. The lowest BCUT2D eigenvalue weighted by molar-refractivity contribution is -0.113. The van der Waals surface area contributed by atoms with Crippen molar-refractivity contribution in [2.24, 2.45) is 0 Å². The van der Waals surface area contributed by atoms with Crippen LogP contribution in [0.3, 0.4) is 0 Å². The van der Waals surface area contributed by atoms with Crippen LogP contribution in [0.4, 0.5) is 5.69 Å². The molecule has 0 aromatic heterocycles. The topological polar surface area (TPSA) is 71.6 Å². The van der Waals surface area contributed by atoms with Gasteiger partial charge in [-0.25, -0.2) is 0 Å². The molecule has 1 unspecified atom stereocenters. The number of hydrogen-bond donors (Lipinski definition) is 3. The summed E-state index contributed by atoms with van der Waals surface area (Å²) >= 11 is 11.5. The van der Waals surface area contributed by atoms with E-state index in [4.69, 9.17) is 33.3 Å². The van der Waals surface area contributed by atoms with E-state index in [0.29, 0.717) is 51.8 Å². The summed E-state index contributed by atoms with van der Waals surface area (Å²) < 4.78 is 11.4. The molecule has 0 spiro atoms. The van der Waals surface area contributed by atoms with Gasteiger partial charge < -0.3 is 25.4 Å². The second-order valence-electron chi connectivity index (χ2n) is 6.58. The monoisotopic (exact) mass is 445 g/mol. The summed E-state index contributed by atoms with van der Waals surface area (Å²) in [6, 6.07) is 12.3. The van der Waals surface area contributed by atoms with Crippen LogP contribution in [0.5, 0.6) is 11.5 Å². The Morgan fingerprint density at radius 3 is 2.53 bits per heavy atom. The van der Waals surface area contributed by atoms with Gasteiger partial charge in [0.2, 0.25) is 0 Å². The molecule has 3 N–H and O–H groups in total. The zero-order valence-corrected chi connectivity index (χ0v) is 18.6. The third-order valence-corrected chi connectivity index (χ3v) is 5.09. The van der Waals surface area contributed by atoms with Gasteiger partial charge in [-0.15, -0.1) is 0 Å². The van der Waals surface area contributed by atoms with Gasteiger partial charge in [-0.1, -0.05) is 29.8 Å². The molecule has 8 heteroatoms. The third-order valence-electron chi connectivity index (χ3n) is 4.54. The van der Waals surface area contributed by atoms with E-state index in [1.165, 1.54) is 0 Å². The fourth-order valence-electron chi connectivity index (χ4n) is 3.24. The molecule has 3 rings (SSSR count). The van der Waals surface area contributed by atoms with Crippen molar-refractivity contribution in [3.63, 3.8) is 0 Å². The van der Waals surface area contributed by atoms with Gasteiger partial charge in [0.25, 0.3) is 5.91 Å². The maximum Gasteiger partial charge on any atom is 0.255 e. The van der Waals surface area contributed by atoms with Crippen LogP contribution in [0.1, 0.15) is 32.4 Å². The highest BCUT2D eigenvalue weighted by Crippen LogP contribution is 2.35. The number of halogens is 1. The van der Waals surface area contributed by atoms with E-state index in [1.807, 2.05) is 51.1 Å². The van der Waals surface area contributed by atoms with Crippen molar-refractivity contribution >= 4 is 40.5 Å². The first-order valence-electron chi connectivity index (χ1n) is 9.68. The lowest BCUT2D eigenvalue weighted by atomic mass is 9.94. The summed E-state index contributed by atoms with van der Waals surface area (Å²) in [4.78, 5) is 13.2. The molecule has 1 aliphatic rings. The first-order valence-corrected chi connectivity index (χ1v) is 10.5. The van der Waals surface area contributed by atoms with Gasteiger partial charge in [-0.3, -0.25) is 4.79 Å². The Morgan fingerprint density at radius 1 is 1.13 bits per heavy atom. The molecular weight excluding hydrogens is 422 g/mol. The Labute approximate surface area is 186 Å². The molecule has 0 bridgehead atoms. The summed E-state index contributed by atoms with van der Waals surface area (Å²) in [7, 11) is 0. The van der Waals surface area contributed by atoms with Gasteiger partial charge in [-0.05, 0) is 62.8 Å². The summed E-state index contributed by atoms with van der Waals surface area (Å²) in [6.07, 6.45) is 0. The molecule has 6 nitrogen and oxygen atoms in total. The number of allylic oxidation sites excluding steroid dienone is 1. The van der Waals surface area contributed by atoms with Crippen LogP contribution in [0.15, 0.2) is 53.7 Å². The third kappa shape index (κ3) is 4.86. The Morgan fingerprint density at radius 2 is 1.83 bits per heavy atom. The average Bonchev–Trinajstić information content (AvgIpc) is 2.70. The van der Waals surface area contributed by atoms with Crippen molar-refractivity contribution in [2.75, 3.05) is 18.5 Å². The number of hydrogen-bond acceptors (Lipinski definition) is 4. The molecule has 0 radical (unpaired) electrons. The second-order valence-corrected chi connectivity index (χ2v) is 7.39. The number of ether oxygens (including phenoxy) is 2. The molecule has 1 aliphatic heterocycles. The van der Waals surface area contributed by atoms with E-state index in [-0.39, 0.29) is 5.91 Å². The van der Waals surface area contributed by atoms with Crippen molar-refractivity contribution in [1.29, 1.82) is 0 Å². The van der Waals surface area contributed by atoms with Crippen LogP contribution in [0.25, 0.3) is 0 Å². The molecule has 0 fully saturated rings. The Hall–Kier alpha value is -2.77. The van der Waals surface area contributed by atoms with Crippen LogP contribution in [-0.2, 0) is 4.79 Å². The molecule has 1 heterocycles. The number of benzene rings is 2. The molecule has 2 aromatic carbocycles. The molecule has 2 aromatic rings. The van der Waals surface area contributed by atoms with Crippen molar-refractivity contribution in [2.45, 2.75) is 26.8 Å². The minimum atomic E-state index is -0.462. The van der Waals surface area contributed by atoms with Crippen molar-refractivity contribution in [3.8, 4) is 11.5 Å². The van der Waals surface area contributed by atoms with Crippen molar-refractivity contribution in [3.05, 3.63) is 64.3 Å². The van der Waals surface area contributed by atoms with E-state index in [2.05, 4.69) is 16.0 Å². The quantitative estimate of drug-likeness (QED) is 0.542. The van der Waals surface area contributed by atoms with E-state index >= 15 is 0 Å². The number of carbonyl (C=O) groups is 1. The number of anilines is 1. The highest BCUT2D eigenvalue weighted by atomic mass is 35.5. The average molecular weight is 446 g/mol. The molecule has 1 atom stereocenters. The zero-order chi connectivity index (χ0) is 21.7. The highest BCUT2D eigenvalue weighted by Gasteiger charge is 2.30. The molecule has 0 aliphatic carbocycles. The van der Waals surface area contributed by atoms with E-state index < -0.39 is 6.04 Å². The zero-order valence-electron chi connectivity index (χ0n) is 17.0. The fourth-order valence-corrected chi connectivity index (χ4v) is 3.70. The fraction of sp³-hybridized carbons (Fsp3) is 0.273. The predicted molar refractivity (Wildman–Crippen MR) is 123 cm³/mol. The lowest BCUT2D eigenvalue weighted by Crippen LogP contribution is -2.45. The van der Waals surface area contributed by atoms with E-state index in [0.717, 1.165) is 5.56 Å². The van der Waals surface area contributed by atoms with Crippen LogP contribution in [0.2, 0.25) is 5.02 Å². The summed E-state index contributed by atoms with van der Waals surface area (Å²) in [5, 5.41) is 10.0. The summed E-state index contributed by atoms with van der Waals surface area (Å²) in [5.74, 6) is 0.994. The minimum Gasteiger partial charge on any atom is -0.490 e. The largest absolute Gasteiger partial charge is 0.490 e. The SMILES string of the molecule is CCOc1ccc(C2NC(=S)NC(C)=C2C(=O)Nc2ccccc2Cl)cc1OCC. The van der Waals surface area contributed by atoms with Gasteiger partial charge in [0.1, 0.15) is 0 Å². The Kier molecular flexibility index (Phi) is 7.18. The number of rotatable bonds is 7. The minimum absolute atomic E-state index is 0.278. The normalized spacial score (nSPS) is 15.9. The number of para-hydroxylation sites is 1. The summed E-state index contributed by atoms with van der Waals surface area (Å²) in [6.45, 7) is 6.67. The van der Waals surface area contributed by atoms with Gasteiger partial charge >= 0.3 is 0 Å². The molecule has 0 saturated heterocycles. The van der Waals surface area contributed by atoms with E-state index in [9.17, 15) is 4.79 Å². The van der Waals surface area contributed by atoms with Gasteiger partial charge in [0.15, 0.2) is 16.6 Å². The first kappa shape index (κ1) is 21.9. The number of nitrogens with one attached hydrogen (secondary N) is 3. The van der Waals surface area contributed by atoms with E-state index in [1.54, 1.807) is 12.1 Å². The first-order chi connectivity index (χ1) is 14.4. The predicted octanol–water partition coefficient (Wildman–Crippen LogP) is 4.57. The van der Waals surface area contributed by atoms with Crippen molar-refractivity contribution < 1.29 is 14.3 Å². The maximum absolute atomic E-state index is 13.2. The summed E-state index contributed by atoms with van der Waals surface area (Å²) in [5.41, 5.74) is 2.54.